The molecule has 1 aromatic rings. The third kappa shape index (κ3) is 2.51. The zero-order valence-corrected chi connectivity index (χ0v) is 9.72. The zero-order chi connectivity index (χ0) is 11.4. The van der Waals surface area contributed by atoms with Crippen LogP contribution in [0.2, 0.25) is 0 Å². The molecule has 88 valence electrons. The third-order valence-corrected chi connectivity index (χ3v) is 2.88. The minimum atomic E-state index is 0.541. The van der Waals surface area contributed by atoms with Gasteiger partial charge in [-0.1, -0.05) is 6.07 Å². The molecule has 1 fully saturated rings. The molecule has 0 aromatic carbocycles. The highest BCUT2D eigenvalue weighted by atomic mass is 16.5. The number of nitrogens with zero attached hydrogens (tertiary/aromatic N) is 2. The van der Waals surface area contributed by atoms with Gasteiger partial charge in [-0.3, -0.25) is 0 Å². The summed E-state index contributed by atoms with van der Waals surface area (Å²) in [6.07, 6.45) is 4.34. The molecule has 0 spiro atoms. The normalized spacial score (nSPS) is 15.1. The molecule has 1 saturated carbocycles. The lowest BCUT2D eigenvalue weighted by Crippen LogP contribution is -2.31. The van der Waals surface area contributed by atoms with Crippen molar-refractivity contribution in [3.63, 3.8) is 0 Å². The van der Waals surface area contributed by atoms with Crippen LogP contribution in [0.4, 0.5) is 5.82 Å². The fourth-order valence-electron chi connectivity index (χ4n) is 1.89. The van der Waals surface area contributed by atoms with Gasteiger partial charge in [0.15, 0.2) is 0 Å². The van der Waals surface area contributed by atoms with Crippen molar-refractivity contribution < 1.29 is 4.74 Å². The zero-order valence-electron chi connectivity index (χ0n) is 9.72. The lowest BCUT2D eigenvalue weighted by molar-refractivity contribution is 0.204. The number of pyridine rings is 1. The van der Waals surface area contributed by atoms with E-state index in [4.69, 9.17) is 10.5 Å². The Morgan fingerprint density at radius 2 is 2.38 bits per heavy atom. The Morgan fingerprint density at radius 1 is 1.56 bits per heavy atom. The Labute approximate surface area is 96.4 Å². The highest BCUT2D eigenvalue weighted by Crippen LogP contribution is 2.31. The summed E-state index contributed by atoms with van der Waals surface area (Å²) >= 11 is 0. The SMILES string of the molecule is COCCN(c1ncccc1CN)C1CC1. The molecule has 0 amide bonds. The van der Waals surface area contributed by atoms with Crippen LogP contribution in [0.5, 0.6) is 0 Å². The van der Waals surface area contributed by atoms with Gasteiger partial charge >= 0.3 is 0 Å². The minimum absolute atomic E-state index is 0.541. The van der Waals surface area contributed by atoms with Crippen LogP contribution in [0.25, 0.3) is 0 Å². The van der Waals surface area contributed by atoms with Crippen LogP contribution in [0, 0.1) is 0 Å². The summed E-state index contributed by atoms with van der Waals surface area (Å²) in [5.74, 6) is 1.03. The van der Waals surface area contributed by atoms with Crippen LogP contribution in [0.15, 0.2) is 18.3 Å². The van der Waals surface area contributed by atoms with Crippen LogP contribution in [0.1, 0.15) is 18.4 Å². The summed E-state index contributed by atoms with van der Waals surface area (Å²) in [5, 5.41) is 0. The smallest absolute Gasteiger partial charge is 0.133 e. The van der Waals surface area contributed by atoms with Gasteiger partial charge in [0, 0.05) is 38.0 Å². The molecule has 0 unspecified atom stereocenters. The Morgan fingerprint density at radius 3 is 3.00 bits per heavy atom. The molecule has 0 aliphatic heterocycles. The van der Waals surface area contributed by atoms with Crippen molar-refractivity contribution in [3.8, 4) is 0 Å². The number of rotatable bonds is 6. The summed E-state index contributed by atoms with van der Waals surface area (Å²) in [4.78, 5) is 6.78. The second-order valence-electron chi connectivity index (χ2n) is 4.11. The predicted molar refractivity (Wildman–Crippen MR) is 64.4 cm³/mol. The fourth-order valence-corrected chi connectivity index (χ4v) is 1.89. The highest BCUT2D eigenvalue weighted by molar-refractivity contribution is 5.48. The number of anilines is 1. The van der Waals surface area contributed by atoms with Crippen molar-refractivity contribution in [2.45, 2.75) is 25.4 Å². The van der Waals surface area contributed by atoms with Crippen LogP contribution in [-0.4, -0.2) is 31.3 Å². The lowest BCUT2D eigenvalue weighted by atomic mass is 10.2. The van der Waals surface area contributed by atoms with Crippen LogP contribution in [0.3, 0.4) is 0 Å². The molecule has 1 aliphatic carbocycles. The van der Waals surface area contributed by atoms with Gasteiger partial charge in [-0.25, -0.2) is 4.98 Å². The first-order valence-electron chi connectivity index (χ1n) is 5.76. The van der Waals surface area contributed by atoms with E-state index in [1.807, 2.05) is 18.3 Å². The van der Waals surface area contributed by atoms with E-state index in [1.54, 1.807) is 7.11 Å². The van der Waals surface area contributed by atoms with E-state index in [0.29, 0.717) is 12.6 Å². The maximum absolute atomic E-state index is 5.74. The maximum Gasteiger partial charge on any atom is 0.133 e. The Bertz CT molecular complexity index is 339. The molecule has 4 heteroatoms. The number of hydrogen-bond acceptors (Lipinski definition) is 4. The highest BCUT2D eigenvalue weighted by Gasteiger charge is 2.30. The van der Waals surface area contributed by atoms with E-state index in [0.717, 1.165) is 24.5 Å². The Kier molecular flexibility index (Phi) is 3.74. The molecular formula is C12H19N3O. The van der Waals surface area contributed by atoms with Crippen molar-refractivity contribution in [2.24, 2.45) is 5.73 Å². The van der Waals surface area contributed by atoms with Crippen molar-refractivity contribution in [1.29, 1.82) is 0 Å². The second kappa shape index (κ2) is 5.27. The molecule has 0 bridgehead atoms. The molecular weight excluding hydrogens is 202 g/mol. The molecule has 2 N–H and O–H groups in total. The number of ether oxygens (including phenoxy) is 1. The number of aromatic nitrogens is 1. The van der Waals surface area contributed by atoms with E-state index in [1.165, 1.54) is 12.8 Å². The van der Waals surface area contributed by atoms with E-state index in [2.05, 4.69) is 9.88 Å². The van der Waals surface area contributed by atoms with E-state index < -0.39 is 0 Å². The quantitative estimate of drug-likeness (QED) is 0.783. The Balaban J connectivity index is 2.16. The van der Waals surface area contributed by atoms with E-state index in [-0.39, 0.29) is 0 Å². The topological polar surface area (TPSA) is 51.4 Å². The molecule has 2 rings (SSSR count). The largest absolute Gasteiger partial charge is 0.383 e. The fraction of sp³-hybridized carbons (Fsp3) is 0.583. The van der Waals surface area contributed by atoms with Gasteiger partial charge in [-0.2, -0.15) is 0 Å². The molecule has 1 aliphatic rings. The average Bonchev–Trinajstić information content (AvgIpc) is 3.14. The van der Waals surface area contributed by atoms with Crippen molar-refractivity contribution in [1.82, 2.24) is 4.98 Å². The van der Waals surface area contributed by atoms with Crippen LogP contribution >= 0.6 is 0 Å². The maximum atomic E-state index is 5.74. The molecule has 1 aromatic heterocycles. The summed E-state index contributed by atoms with van der Waals surface area (Å²) in [6.45, 7) is 2.17. The summed E-state index contributed by atoms with van der Waals surface area (Å²) in [6, 6.07) is 4.62. The summed E-state index contributed by atoms with van der Waals surface area (Å²) < 4.78 is 5.14. The molecule has 16 heavy (non-hydrogen) atoms. The monoisotopic (exact) mass is 221 g/mol. The minimum Gasteiger partial charge on any atom is -0.383 e. The van der Waals surface area contributed by atoms with Gasteiger partial charge in [0.2, 0.25) is 0 Å². The predicted octanol–water partition coefficient (Wildman–Crippen LogP) is 1.16. The van der Waals surface area contributed by atoms with Crippen molar-refractivity contribution in [3.05, 3.63) is 23.9 Å². The average molecular weight is 221 g/mol. The number of methoxy groups -OCH3 is 1. The van der Waals surface area contributed by atoms with Gasteiger partial charge in [-0.05, 0) is 18.9 Å². The van der Waals surface area contributed by atoms with Gasteiger partial charge < -0.3 is 15.4 Å². The van der Waals surface area contributed by atoms with E-state index >= 15 is 0 Å². The van der Waals surface area contributed by atoms with Gasteiger partial charge in [0.1, 0.15) is 5.82 Å². The Hall–Kier alpha value is -1.13. The standard InChI is InChI=1S/C12H19N3O/c1-16-8-7-15(11-4-5-11)12-10(9-13)3-2-6-14-12/h2-3,6,11H,4-5,7-9,13H2,1H3. The van der Waals surface area contributed by atoms with Gasteiger partial charge in [-0.15, -0.1) is 0 Å². The lowest BCUT2D eigenvalue weighted by Gasteiger charge is -2.25. The first kappa shape index (κ1) is 11.4. The summed E-state index contributed by atoms with van der Waals surface area (Å²) in [5.41, 5.74) is 6.86. The molecule has 0 saturated heterocycles. The van der Waals surface area contributed by atoms with Crippen molar-refractivity contribution >= 4 is 5.82 Å². The molecule has 1 heterocycles. The third-order valence-electron chi connectivity index (χ3n) is 2.88. The first-order valence-corrected chi connectivity index (χ1v) is 5.76. The number of nitrogens with two attached hydrogens (primary N) is 1. The van der Waals surface area contributed by atoms with Crippen molar-refractivity contribution in [2.75, 3.05) is 25.2 Å². The van der Waals surface area contributed by atoms with Crippen LogP contribution in [-0.2, 0) is 11.3 Å². The molecule has 4 nitrogen and oxygen atoms in total. The van der Waals surface area contributed by atoms with Crippen LogP contribution < -0.4 is 10.6 Å². The number of hydrogen-bond donors (Lipinski definition) is 1. The molecule has 0 radical (unpaired) electrons. The first-order chi connectivity index (χ1) is 7.86. The van der Waals surface area contributed by atoms with Gasteiger partial charge in [0.05, 0.1) is 6.61 Å². The van der Waals surface area contributed by atoms with E-state index in [9.17, 15) is 0 Å². The molecule has 0 atom stereocenters. The second-order valence-corrected chi connectivity index (χ2v) is 4.11. The van der Waals surface area contributed by atoms with Gasteiger partial charge in [0.25, 0.3) is 0 Å². The summed E-state index contributed by atoms with van der Waals surface area (Å²) in [7, 11) is 1.73.